The molecule has 0 unspecified atom stereocenters. The summed E-state index contributed by atoms with van der Waals surface area (Å²) in [6.45, 7) is 5.72. The fourth-order valence-corrected chi connectivity index (χ4v) is 2.64. The van der Waals surface area contributed by atoms with Crippen LogP contribution < -0.4 is 0 Å². The average Bonchev–Trinajstić information content (AvgIpc) is 2.40. The third-order valence-electron chi connectivity index (χ3n) is 3.65. The molecule has 2 aliphatic heterocycles. The molecular weight excluding hydrogens is 220 g/mol. The first kappa shape index (κ1) is 12.8. The van der Waals surface area contributed by atoms with Gasteiger partial charge in [-0.05, 0) is 12.8 Å². The molecule has 2 fully saturated rings. The van der Waals surface area contributed by atoms with Crippen LogP contribution >= 0.6 is 0 Å². The van der Waals surface area contributed by atoms with Gasteiger partial charge in [0, 0.05) is 39.3 Å². The number of carbonyl (C=O) groups is 1. The smallest absolute Gasteiger partial charge is 0.248 e. The molecule has 0 radical (unpaired) electrons. The summed E-state index contributed by atoms with van der Waals surface area (Å²) < 4.78 is 10.2. The molecule has 2 aliphatic rings. The van der Waals surface area contributed by atoms with Crippen molar-refractivity contribution in [2.45, 2.75) is 18.9 Å². The molecule has 98 valence electrons. The molecule has 0 aromatic rings. The van der Waals surface area contributed by atoms with Crippen LogP contribution in [0, 0.1) is 0 Å². The number of methoxy groups -OCH3 is 1. The van der Waals surface area contributed by atoms with Crippen molar-refractivity contribution in [1.29, 1.82) is 0 Å². The number of amides is 1. The summed E-state index contributed by atoms with van der Waals surface area (Å²) in [5.74, 6) is 0.118. The minimum atomic E-state index is 0.118. The minimum absolute atomic E-state index is 0.118. The summed E-state index contributed by atoms with van der Waals surface area (Å²) in [5, 5.41) is 0. The largest absolute Gasteiger partial charge is 0.379 e. The zero-order valence-electron chi connectivity index (χ0n) is 10.6. The van der Waals surface area contributed by atoms with Gasteiger partial charge in [-0.25, -0.2) is 0 Å². The van der Waals surface area contributed by atoms with E-state index in [0.29, 0.717) is 6.04 Å². The zero-order valence-corrected chi connectivity index (χ0v) is 10.6. The lowest BCUT2D eigenvalue weighted by Crippen LogP contribution is -2.50. The van der Waals surface area contributed by atoms with Crippen molar-refractivity contribution in [1.82, 2.24) is 9.80 Å². The molecule has 5 heteroatoms. The first-order valence-electron chi connectivity index (χ1n) is 6.40. The van der Waals surface area contributed by atoms with Crippen LogP contribution in [-0.4, -0.2) is 74.9 Å². The maximum Gasteiger partial charge on any atom is 0.248 e. The van der Waals surface area contributed by atoms with Crippen LogP contribution in [0.15, 0.2) is 0 Å². The van der Waals surface area contributed by atoms with Gasteiger partial charge >= 0.3 is 0 Å². The van der Waals surface area contributed by atoms with E-state index in [-0.39, 0.29) is 12.5 Å². The number of hydrogen-bond donors (Lipinski definition) is 0. The number of piperidine rings is 1. The average molecular weight is 242 g/mol. The number of morpholine rings is 1. The number of rotatable bonds is 3. The number of nitrogens with zero attached hydrogens (tertiary/aromatic N) is 2. The molecule has 5 nitrogen and oxygen atoms in total. The van der Waals surface area contributed by atoms with E-state index in [2.05, 4.69) is 4.90 Å². The van der Waals surface area contributed by atoms with Crippen LogP contribution in [0.2, 0.25) is 0 Å². The highest BCUT2D eigenvalue weighted by Gasteiger charge is 2.27. The summed E-state index contributed by atoms with van der Waals surface area (Å²) in [4.78, 5) is 16.1. The van der Waals surface area contributed by atoms with Gasteiger partial charge in [0.25, 0.3) is 0 Å². The van der Waals surface area contributed by atoms with Crippen molar-refractivity contribution in [2.24, 2.45) is 0 Å². The molecule has 2 heterocycles. The lowest BCUT2D eigenvalue weighted by Gasteiger charge is -2.40. The molecule has 0 bridgehead atoms. The molecular formula is C12H22N2O3. The Morgan fingerprint density at radius 3 is 2.47 bits per heavy atom. The van der Waals surface area contributed by atoms with Gasteiger partial charge in [-0.1, -0.05) is 0 Å². The standard InChI is InChI=1S/C12H22N2O3/c1-16-10-12(15)14-4-2-11(3-5-14)13-6-8-17-9-7-13/h11H,2-10H2,1H3. The first-order valence-corrected chi connectivity index (χ1v) is 6.40. The second-order valence-electron chi connectivity index (χ2n) is 4.69. The van der Waals surface area contributed by atoms with Crippen LogP contribution in [0.3, 0.4) is 0 Å². The molecule has 0 aromatic heterocycles. The summed E-state index contributed by atoms with van der Waals surface area (Å²) in [7, 11) is 1.57. The van der Waals surface area contributed by atoms with E-state index >= 15 is 0 Å². The number of hydrogen-bond acceptors (Lipinski definition) is 4. The fourth-order valence-electron chi connectivity index (χ4n) is 2.64. The Morgan fingerprint density at radius 2 is 1.88 bits per heavy atom. The van der Waals surface area contributed by atoms with Crippen molar-refractivity contribution in [2.75, 3.05) is 53.1 Å². The van der Waals surface area contributed by atoms with Crippen LogP contribution in [0.1, 0.15) is 12.8 Å². The molecule has 0 N–H and O–H groups in total. The fraction of sp³-hybridized carbons (Fsp3) is 0.917. The second kappa shape index (κ2) is 6.33. The second-order valence-corrected chi connectivity index (χ2v) is 4.69. The topological polar surface area (TPSA) is 42.0 Å². The minimum Gasteiger partial charge on any atom is -0.379 e. The Balaban J connectivity index is 1.75. The molecule has 0 saturated carbocycles. The zero-order chi connectivity index (χ0) is 12.1. The highest BCUT2D eigenvalue weighted by Crippen LogP contribution is 2.17. The molecule has 2 saturated heterocycles. The van der Waals surface area contributed by atoms with E-state index < -0.39 is 0 Å². The summed E-state index contributed by atoms with van der Waals surface area (Å²) in [5.41, 5.74) is 0. The predicted molar refractivity (Wildman–Crippen MR) is 63.9 cm³/mol. The number of carbonyl (C=O) groups excluding carboxylic acids is 1. The first-order chi connectivity index (χ1) is 8.31. The van der Waals surface area contributed by atoms with Crippen molar-refractivity contribution >= 4 is 5.91 Å². The van der Waals surface area contributed by atoms with Gasteiger partial charge in [0.15, 0.2) is 0 Å². The molecule has 0 spiro atoms. The van der Waals surface area contributed by atoms with Gasteiger partial charge in [-0.2, -0.15) is 0 Å². The van der Waals surface area contributed by atoms with Crippen LogP contribution in [0.25, 0.3) is 0 Å². The van der Waals surface area contributed by atoms with Gasteiger partial charge in [-0.15, -0.1) is 0 Å². The Bertz CT molecular complexity index is 246. The van der Waals surface area contributed by atoms with Gasteiger partial charge in [-0.3, -0.25) is 9.69 Å². The van der Waals surface area contributed by atoms with Crippen LogP contribution in [0.4, 0.5) is 0 Å². The third-order valence-corrected chi connectivity index (χ3v) is 3.65. The Kier molecular flexibility index (Phi) is 4.76. The van der Waals surface area contributed by atoms with E-state index in [1.54, 1.807) is 7.11 Å². The summed E-state index contributed by atoms with van der Waals surface area (Å²) >= 11 is 0. The van der Waals surface area contributed by atoms with Crippen molar-refractivity contribution < 1.29 is 14.3 Å². The molecule has 2 rings (SSSR count). The number of likely N-dealkylation sites (tertiary alicyclic amines) is 1. The Morgan fingerprint density at radius 1 is 1.24 bits per heavy atom. The van der Waals surface area contributed by atoms with E-state index in [1.165, 1.54) is 0 Å². The summed E-state index contributed by atoms with van der Waals surface area (Å²) in [6, 6.07) is 0.630. The lowest BCUT2D eigenvalue weighted by molar-refractivity contribution is -0.137. The van der Waals surface area contributed by atoms with Gasteiger partial charge in [0.1, 0.15) is 6.61 Å². The highest BCUT2D eigenvalue weighted by molar-refractivity contribution is 5.77. The SMILES string of the molecule is COCC(=O)N1CCC(N2CCOCC2)CC1. The Hall–Kier alpha value is -0.650. The molecule has 0 aromatic carbocycles. The predicted octanol–water partition coefficient (Wildman–Crippen LogP) is -0.0440. The summed E-state index contributed by atoms with van der Waals surface area (Å²) in [6.07, 6.45) is 2.16. The third kappa shape index (κ3) is 3.40. The maximum absolute atomic E-state index is 11.6. The van der Waals surface area contributed by atoms with Crippen molar-refractivity contribution in [3.63, 3.8) is 0 Å². The van der Waals surface area contributed by atoms with Crippen LogP contribution in [0.5, 0.6) is 0 Å². The van der Waals surface area contributed by atoms with E-state index in [9.17, 15) is 4.79 Å². The van der Waals surface area contributed by atoms with E-state index in [4.69, 9.17) is 9.47 Å². The quantitative estimate of drug-likeness (QED) is 0.696. The van der Waals surface area contributed by atoms with E-state index in [1.807, 2.05) is 4.90 Å². The Labute approximate surface area is 103 Å². The lowest BCUT2D eigenvalue weighted by atomic mass is 10.0. The normalized spacial score (nSPS) is 23.9. The molecule has 17 heavy (non-hydrogen) atoms. The van der Waals surface area contributed by atoms with Gasteiger partial charge in [0.05, 0.1) is 13.2 Å². The van der Waals surface area contributed by atoms with Crippen LogP contribution in [-0.2, 0) is 14.3 Å². The van der Waals surface area contributed by atoms with Gasteiger partial charge < -0.3 is 14.4 Å². The molecule has 0 atom stereocenters. The molecule has 0 aliphatic carbocycles. The highest BCUT2D eigenvalue weighted by atomic mass is 16.5. The van der Waals surface area contributed by atoms with Crippen molar-refractivity contribution in [3.05, 3.63) is 0 Å². The van der Waals surface area contributed by atoms with Crippen molar-refractivity contribution in [3.8, 4) is 0 Å². The van der Waals surface area contributed by atoms with Gasteiger partial charge in [0.2, 0.25) is 5.91 Å². The number of ether oxygens (including phenoxy) is 2. The van der Waals surface area contributed by atoms with E-state index in [0.717, 1.165) is 52.2 Å². The monoisotopic (exact) mass is 242 g/mol. The molecule has 1 amide bonds. The maximum atomic E-state index is 11.6.